The lowest BCUT2D eigenvalue weighted by Gasteiger charge is -2.32. The van der Waals surface area contributed by atoms with E-state index in [0.717, 1.165) is 29.3 Å². The zero-order valence-corrected chi connectivity index (χ0v) is 15.7. The van der Waals surface area contributed by atoms with Crippen LogP contribution in [0.25, 0.3) is 5.70 Å². The minimum atomic E-state index is -0.138. The smallest absolute Gasteiger partial charge is 0.221 e. The van der Waals surface area contributed by atoms with Gasteiger partial charge < -0.3 is 15.5 Å². The Labute approximate surface area is 157 Å². The second-order valence-corrected chi connectivity index (χ2v) is 7.78. The SMILES string of the molecule is CC(=O)Nc1ccc(C2=CSC3=N[C@@H]4CCCC[C@H]4N23)c(NC(C)=O)c1. The third-order valence-corrected chi connectivity index (χ3v) is 5.82. The number of hydrogen-bond donors (Lipinski definition) is 2. The summed E-state index contributed by atoms with van der Waals surface area (Å²) in [6.45, 7) is 2.96. The number of aliphatic imine (C=N–C) groups is 1. The molecule has 1 saturated carbocycles. The molecule has 1 aromatic rings. The summed E-state index contributed by atoms with van der Waals surface area (Å²) in [6, 6.07) is 6.45. The lowest BCUT2D eigenvalue weighted by atomic mass is 9.90. The van der Waals surface area contributed by atoms with Crippen LogP contribution >= 0.6 is 11.8 Å². The van der Waals surface area contributed by atoms with Gasteiger partial charge in [-0.05, 0) is 31.0 Å². The number of thioether (sulfide) groups is 1. The number of nitrogens with zero attached hydrogens (tertiary/aromatic N) is 2. The van der Waals surface area contributed by atoms with Gasteiger partial charge in [-0.1, -0.05) is 24.6 Å². The molecule has 4 rings (SSSR count). The maximum atomic E-state index is 11.7. The summed E-state index contributed by atoms with van der Waals surface area (Å²) < 4.78 is 0. The molecule has 2 heterocycles. The third kappa shape index (κ3) is 3.11. The molecule has 0 saturated heterocycles. The van der Waals surface area contributed by atoms with Gasteiger partial charge in [0.15, 0.2) is 5.17 Å². The average molecular weight is 370 g/mol. The van der Waals surface area contributed by atoms with Gasteiger partial charge in [0, 0.05) is 30.5 Å². The molecule has 0 aromatic heterocycles. The lowest BCUT2D eigenvalue weighted by molar-refractivity contribution is -0.115. The first-order valence-electron chi connectivity index (χ1n) is 8.96. The molecule has 2 amide bonds. The predicted molar refractivity (Wildman–Crippen MR) is 106 cm³/mol. The highest BCUT2D eigenvalue weighted by Crippen LogP contribution is 2.45. The normalized spacial score (nSPS) is 23.7. The number of amidine groups is 1. The molecule has 6 nitrogen and oxygen atoms in total. The second kappa shape index (κ2) is 6.79. The number of amides is 2. The van der Waals surface area contributed by atoms with Crippen LogP contribution in [0.4, 0.5) is 11.4 Å². The fourth-order valence-electron chi connectivity index (χ4n) is 3.96. The lowest BCUT2D eigenvalue weighted by Crippen LogP contribution is -2.38. The van der Waals surface area contributed by atoms with E-state index in [1.54, 1.807) is 11.8 Å². The van der Waals surface area contributed by atoms with Gasteiger partial charge in [0.05, 0.1) is 23.5 Å². The third-order valence-electron chi connectivity index (χ3n) is 4.97. The van der Waals surface area contributed by atoms with Gasteiger partial charge in [-0.25, -0.2) is 0 Å². The zero-order chi connectivity index (χ0) is 18.3. The van der Waals surface area contributed by atoms with Crippen LogP contribution in [0.3, 0.4) is 0 Å². The second-order valence-electron chi connectivity index (χ2n) is 6.94. The van der Waals surface area contributed by atoms with Crippen molar-refractivity contribution in [2.75, 3.05) is 10.6 Å². The fraction of sp³-hybridized carbons (Fsp3) is 0.421. The first-order valence-corrected chi connectivity index (χ1v) is 9.84. The summed E-state index contributed by atoms with van der Waals surface area (Å²) >= 11 is 1.66. The minimum Gasteiger partial charge on any atom is -0.326 e. The van der Waals surface area contributed by atoms with Crippen LogP contribution in [-0.4, -0.2) is 34.0 Å². The summed E-state index contributed by atoms with van der Waals surface area (Å²) in [5.41, 5.74) is 3.41. The summed E-state index contributed by atoms with van der Waals surface area (Å²) in [7, 11) is 0. The molecular weight excluding hydrogens is 348 g/mol. The molecule has 2 N–H and O–H groups in total. The largest absolute Gasteiger partial charge is 0.326 e. The Hall–Kier alpha value is -2.28. The van der Waals surface area contributed by atoms with Crippen LogP contribution in [0.2, 0.25) is 0 Å². The Balaban J connectivity index is 1.69. The highest BCUT2D eigenvalue weighted by molar-refractivity contribution is 8.16. The van der Waals surface area contributed by atoms with E-state index in [1.165, 1.54) is 26.7 Å². The molecule has 136 valence electrons. The Kier molecular flexibility index (Phi) is 4.48. The quantitative estimate of drug-likeness (QED) is 0.852. The fourth-order valence-corrected chi connectivity index (χ4v) is 4.96. The molecular formula is C19H22N4O2S. The topological polar surface area (TPSA) is 73.8 Å². The number of anilines is 2. The zero-order valence-electron chi connectivity index (χ0n) is 14.9. The standard InChI is InChI=1S/C19H22N4O2S/c1-11(24)20-13-7-8-14(16(9-13)21-12(2)25)18-10-26-19-22-15-5-3-4-6-17(15)23(18)19/h7-10,15,17H,3-6H2,1-2H3,(H,20,24)(H,21,25)/t15-,17-/m1/s1. The van der Waals surface area contributed by atoms with Crippen LogP contribution in [0.15, 0.2) is 28.6 Å². The van der Waals surface area contributed by atoms with Crippen LogP contribution in [-0.2, 0) is 9.59 Å². The van der Waals surface area contributed by atoms with Gasteiger partial charge in [0.1, 0.15) is 0 Å². The van der Waals surface area contributed by atoms with Gasteiger partial charge in [-0.15, -0.1) is 0 Å². The van der Waals surface area contributed by atoms with Crippen LogP contribution in [0, 0.1) is 0 Å². The van der Waals surface area contributed by atoms with Gasteiger partial charge in [-0.2, -0.15) is 0 Å². The first-order chi connectivity index (χ1) is 12.5. The van der Waals surface area contributed by atoms with Crippen molar-refractivity contribution in [2.45, 2.75) is 51.6 Å². The Morgan fingerprint density at radius 3 is 2.69 bits per heavy atom. The molecule has 1 fully saturated rings. The highest BCUT2D eigenvalue weighted by atomic mass is 32.2. The molecule has 2 atom stereocenters. The van der Waals surface area contributed by atoms with Gasteiger partial charge in [0.2, 0.25) is 11.8 Å². The molecule has 2 aliphatic heterocycles. The van der Waals surface area contributed by atoms with Crippen molar-refractivity contribution >= 4 is 45.8 Å². The van der Waals surface area contributed by atoms with E-state index in [9.17, 15) is 9.59 Å². The number of nitrogens with one attached hydrogen (secondary N) is 2. The van der Waals surface area contributed by atoms with E-state index in [2.05, 4.69) is 20.9 Å². The Bertz CT molecular complexity index is 833. The maximum absolute atomic E-state index is 11.7. The summed E-state index contributed by atoms with van der Waals surface area (Å²) in [6.07, 6.45) is 4.78. The van der Waals surface area contributed by atoms with Crippen molar-refractivity contribution in [1.82, 2.24) is 4.90 Å². The number of carbonyl (C=O) groups excluding carboxylic acids is 2. The summed E-state index contributed by atoms with van der Waals surface area (Å²) in [5, 5.41) is 8.86. The molecule has 0 radical (unpaired) electrons. The van der Waals surface area contributed by atoms with Crippen LogP contribution in [0.1, 0.15) is 45.1 Å². The van der Waals surface area contributed by atoms with Gasteiger partial charge >= 0.3 is 0 Å². The van der Waals surface area contributed by atoms with E-state index >= 15 is 0 Å². The number of benzene rings is 1. The van der Waals surface area contributed by atoms with Crippen molar-refractivity contribution in [3.05, 3.63) is 29.2 Å². The number of carbonyl (C=O) groups is 2. The van der Waals surface area contributed by atoms with Crippen molar-refractivity contribution in [1.29, 1.82) is 0 Å². The van der Waals surface area contributed by atoms with Gasteiger partial charge in [0.25, 0.3) is 0 Å². The van der Waals surface area contributed by atoms with Crippen molar-refractivity contribution < 1.29 is 9.59 Å². The number of fused-ring (bicyclic) bond motifs is 3. The monoisotopic (exact) mass is 370 g/mol. The molecule has 0 bridgehead atoms. The van der Waals surface area contributed by atoms with E-state index in [0.29, 0.717) is 23.5 Å². The summed E-state index contributed by atoms with van der Waals surface area (Å²) in [5.74, 6) is -0.274. The van der Waals surface area contributed by atoms with Crippen LogP contribution in [0.5, 0.6) is 0 Å². The number of hydrogen-bond acceptors (Lipinski definition) is 5. The first kappa shape index (κ1) is 17.1. The molecule has 0 unspecified atom stereocenters. The Morgan fingerprint density at radius 2 is 1.92 bits per heavy atom. The van der Waals surface area contributed by atoms with Crippen molar-refractivity contribution in [3.8, 4) is 0 Å². The van der Waals surface area contributed by atoms with Crippen LogP contribution < -0.4 is 10.6 Å². The van der Waals surface area contributed by atoms with E-state index in [1.807, 2.05) is 18.2 Å². The molecule has 0 spiro atoms. The maximum Gasteiger partial charge on any atom is 0.221 e. The molecule has 26 heavy (non-hydrogen) atoms. The molecule has 7 heteroatoms. The Morgan fingerprint density at radius 1 is 1.15 bits per heavy atom. The summed E-state index contributed by atoms with van der Waals surface area (Å²) in [4.78, 5) is 30.3. The predicted octanol–water partition coefficient (Wildman–Crippen LogP) is 3.63. The minimum absolute atomic E-state index is 0.136. The van der Waals surface area contributed by atoms with Crippen molar-refractivity contribution in [2.24, 2.45) is 4.99 Å². The average Bonchev–Trinajstić information content (AvgIpc) is 3.13. The van der Waals surface area contributed by atoms with E-state index in [-0.39, 0.29) is 11.8 Å². The van der Waals surface area contributed by atoms with Crippen molar-refractivity contribution in [3.63, 3.8) is 0 Å². The number of rotatable bonds is 3. The molecule has 1 aliphatic carbocycles. The molecule has 1 aromatic carbocycles. The highest BCUT2D eigenvalue weighted by Gasteiger charge is 2.42. The van der Waals surface area contributed by atoms with E-state index in [4.69, 9.17) is 4.99 Å². The molecule has 3 aliphatic rings. The van der Waals surface area contributed by atoms with E-state index < -0.39 is 0 Å². The van der Waals surface area contributed by atoms with Gasteiger partial charge in [-0.3, -0.25) is 14.6 Å².